The molecule has 18 heavy (non-hydrogen) atoms. The summed E-state index contributed by atoms with van der Waals surface area (Å²) in [5, 5.41) is 10.2. The molecule has 0 saturated heterocycles. The fourth-order valence-corrected chi connectivity index (χ4v) is 1.63. The van der Waals surface area contributed by atoms with Crippen LogP contribution in [0.3, 0.4) is 0 Å². The Hall–Kier alpha value is -2.37. The summed E-state index contributed by atoms with van der Waals surface area (Å²) < 4.78 is 5.34. The molecule has 1 aromatic heterocycles. The molecule has 0 unspecified atom stereocenters. The smallest absolute Gasteiger partial charge is 0.322 e. The van der Waals surface area contributed by atoms with Gasteiger partial charge in [0.1, 0.15) is 0 Å². The van der Waals surface area contributed by atoms with Crippen LogP contribution >= 0.6 is 0 Å². The number of aromatic nitrogens is 2. The Kier molecular flexibility index (Phi) is 2.47. The van der Waals surface area contributed by atoms with Gasteiger partial charge in [-0.2, -0.15) is 0 Å². The summed E-state index contributed by atoms with van der Waals surface area (Å²) in [6.45, 7) is 0. The average molecular weight is 244 g/mol. The molecule has 3 rings (SSSR count). The van der Waals surface area contributed by atoms with Crippen molar-refractivity contribution in [2.45, 2.75) is 18.8 Å². The molecule has 1 saturated carbocycles. The number of carbonyl (C=O) groups excluding carboxylic acids is 1. The zero-order valence-corrected chi connectivity index (χ0v) is 9.59. The largest absolute Gasteiger partial charge is 0.408 e. The summed E-state index contributed by atoms with van der Waals surface area (Å²) >= 11 is 0. The van der Waals surface area contributed by atoms with E-state index in [1.165, 1.54) is 0 Å². The summed E-state index contributed by atoms with van der Waals surface area (Å²) in [5.41, 5.74) is 6.60. The Morgan fingerprint density at radius 3 is 2.94 bits per heavy atom. The third-order valence-corrected chi connectivity index (χ3v) is 2.74. The maximum atomic E-state index is 11.9. The number of anilines is 2. The van der Waals surface area contributed by atoms with Crippen LogP contribution in [0.4, 0.5) is 11.7 Å². The summed E-state index contributed by atoms with van der Waals surface area (Å²) in [5.74, 6) is 0.654. The number of amides is 1. The first-order valence-corrected chi connectivity index (χ1v) is 5.72. The molecule has 1 heterocycles. The molecule has 0 spiro atoms. The standard InChI is InChI=1S/C12H12N4O2/c13-9-3-1-2-8(6-9)10(17)14-12-16-15-11(18-12)7-4-5-7/h1-3,6-7H,4-5,13H2,(H,14,16,17). The van der Waals surface area contributed by atoms with Crippen molar-refractivity contribution in [3.63, 3.8) is 0 Å². The van der Waals surface area contributed by atoms with Gasteiger partial charge in [0.2, 0.25) is 5.89 Å². The second kappa shape index (κ2) is 4.14. The Morgan fingerprint density at radius 1 is 1.39 bits per heavy atom. The summed E-state index contributed by atoms with van der Waals surface area (Å²) in [6.07, 6.45) is 2.15. The predicted molar refractivity (Wildman–Crippen MR) is 65.1 cm³/mol. The minimum atomic E-state index is -0.312. The van der Waals surface area contributed by atoms with Crippen molar-refractivity contribution in [2.24, 2.45) is 0 Å². The molecule has 1 amide bonds. The van der Waals surface area contributed by atoms with Crippen LogP contribution in [0.25, 0.3) is 0 Å². The Balaban J connectivity index is 1.73. The van der Waals surface area contributed by atoms with Crippen LogP contribution in [0.1, 0.15) is 35.0 Å². The summed E-state index contributed by atoms with van der Waals surface area (Å²) in [7, 11) is 0. The van der Waals surface area contributed by atoms with E-state index in [2.05, 4.69) is 15.5 Å². The van der Waals surface area contributed by atoms with Crippen LogP contribution in [-0.4, -0.2) is 16.1 Å². The quantitative estimate of drug-likeness (QED) is 0.802. The fourth-order valence-electron chi connectivity index (χ4n) is 1.63. The molecular formula is C12H12N4O2. The number of hydrogen-bond donors (Lipinski definition) is 2. The minimum absolute atomic E-state index is 0.129. The van der Waals surface area contributed by atoms with Gasteiger partial charge in [0.15, 0.2) is 0 Å². The third-order valence-electron chi connectivity index (χ3n) is 2.74. The van der Waals surface area contributed by atoms with Crippen LogP contribution in [0.15, 0.2) is 28.7 Å². The molecule has 2 aromatic rings. The number of benzene rings is 1. The van der Waals surface area contributed by atoms with Gasteiger partial charge in [-0.1, -0.05) is 11.2 Å². The lowest BCUT2D eigenvalue weighted by molar-refractivity contribution is 0.102. The monoisotopic (exact) mass is 244 g/mol. The number of nitrogens with one attached hydrogen (secondary N) is 1. The number of hydrogen-bond acceptors (Lipinski definition) is 5. The van der Waals surface area contributed by atoms with Crippen molar-refractivity contribution in [3.8, 4) is 0 Å². The molecule has 1 fully saturated rings. The molecule has 1 aromatic carbocycles. The van der Waals surface area contributed by atoms with Crippen LogP contribution in [0, 0.1) is 0 Å². The highest BCUT2D eigenvalue weighted by atomic mass is 16.4. The van der Waals surface area contributed by atoms with Gasteiger partial charge in [0.25, 0.3) is 5.91 Å². The van der Waals surface area contributed by atoms with Gasteiger partial charge in [-0.15, -0.1) is 5.10 Å². The highest BCUT2D eigenvalue weighted by Crippen LogP contribution is 2.39. The maximum absolute atomic E-state index is 11.9. The van der Waals surface area contributed by atoms with Gasteiger partial charge in [-0.25, -0.2) is 0 Å². The van der Waals surface area contributed by atoms with E-state index in [4.69, 9.17) is 10.2 Å². The normalized spacial score (nSPS) is 14.4. The van der Waals surface area contributed by atoms with Gasteiger partial charge in [-0.05, 0) is 31.0 Å². The first-order chi connectivity index (χ1) is 8.72. The van der Waals surface area contributed by atoms with Crippen molar-refractivity contribution in [1.29, 1.82) is 0 Å². The van der Waals surface area contributed by atoms with E-state index in [9.17, 15) is 4.79 Å². The Bertz CT molecular complexity index is 589. The number of nitrogens with two attached hydrogens (primary N) is 1. The summed E-state index contributed by atoms with van der Waals surface area (Å²) in [4.78, 5) is 11.9. The second-order valence-electron chi connectivity index (χ2n) is 4.30. The van der Waals surface area contributed by atoms with Crippen molar-refractivity contribution in [2.75, 3.05) is 11.1 Å². The van der Waals surface area contributed by atoms with Crippen molar-refractivity contribution < 1.29 is 9.21 Å². The van der Waals surface area contributed by atoms with Gasteiger partial charge in [0, 0.05) is 17.2 Å². The van der Waals surface area contributed by atoms with Crippen LogP contribution in [0.2, 0.25) is 0 Å². The average Bonchev–Trinajstić information content (AvgIpc) is 3.11. The summed E-state index contributed by atoms with van der Waals surface area (Å²) in [6, 6.07) is 6.82. The van der Waals surface area contributed by atoms with Gasteiger partial charge in [0.05, 0.1) is 0 Å². The van der Waals surface area contributed by atoms with Crippen LogP contribution in [0.5, 0.6) is 0 Å². The molecule has 0 radical (unpaired) electrons. The molecule has 6 nitrogen and oxygen atoms in total. The van der Waals surface area contributed by atoms with E-state index in [0.29, 0.717) is 23.1 Å². The third kappa shape index (κ3) is 2.17. The predicted octanol–water partition coefficient (Wildman–Crippen LogP) is 1.78. The molecule has 3 N–H and O–H groups in total. The van der Waals surface area contributed by atoms with E-state index in [1.807, 2.05) is 0 Å². The molecule has 0 bridgehead atoms. The van der Waals surface area contributed by atoms with Crippen molar-refractivity contribution in [1.82, 2.24) is 10.2 Å². The first kappa shape index (κ1) is 10.8. The van der Waals surface area contributed by atoms with E-state index in [1.54, 1.807) is 24.3 Å². The van der Waals surface area contributed by atoms with Crippen LogP contribution in [-0.2, 0) is 0 Å². The highest BCUT2D eigenvalue weighted by Gasteiger charge is 2.29. The number of nitrogen functional groups attached to an aromatic ring is 1. The number of nitrogens with zero attached hydrogens (tertiary/aromatic N) is 2. The van der Waals surface area contributed by atoms with E-state index >= 15 is 0 Å². The molecule has 92 valence electrons. The molecule has 1 aliphatic carbocycles. The van der Waals surface area contributed by atoms with Gasteiger partial charge in [-0.3, -0.25) is 10.1 Å². The lowest BCUT2D eigenvalue weighted by atomic mass is 10.2. The maximum Gasteiger partial charge on any atom is 0.322 e. The first-order valence-electron chi connectivity index (χ1n) is 5.72. The molecule has 0 atom stereocenters. The molecular weight excluding hydrogens is 232 g/mol. The number of carbonyl (C=O) groups is 1. The zero-order chi connectivity index (χ0) is 12.5. The van der Waals surface area contributed by atoms with Gasteiger partial charge >= 0.3 is 6.01 Å². The molecule has 0 aliphatic heterocycles. The minimum Gasteiger partial charge on any atom is -0.408 e. The molecule has 6 heteroatoms. The topological polar surface area (TPSA) is 94.0 Å². The van der Waals surface area contributed by atoms with Crippen LogP contribution < -0.4 is 11.1 Å². The fraction of sp³-hybridized carbons (Fsp3) is 0.250. The van der Waals surface area contributed by atoms with E-state index in [0.717, 1.165) is 12.8 Å². The molecule has 1 aliphatic rings. The second-order valence-corrected chi connectivity index (χ2v) is 4.30. The highest BCUT2D eigenvalue weighted by molar-refractivity contribution is 6.03. The number of rotatable bonds is 3. The lowest BCUT2D eigenvalue weighted by Crippen LogP contribution is -2.12. The van der Waals surface area contributed by atoms with Crippen molar-refractivity contribution >= 4 is 17.6 Å². The zero-order valence-electron chi connectivity index (χ0n) is 9.59. The SMILES string of the molecule is Nc1cccc(C(=O)Nc2nnc(C3CC3)o2)c1. The van der Waals surface area contributed by atoms with E-state index < -0.39 is 0 Å². The van der Waals surface area contributed by atoms with E-state index in [-0.39, 0.29) is 11.9 Å². The Morgan fingerprint density at radius 2 is 2.22 bits per heavy atom. The van der Waals surface area contributed by atoms with Crippen molar-refractivity contribution in [3.05, 3.63) is 35.7 Å². The Labute approximate surface area is 103 Å². The van der Waals surface area contributed by atoms with Gasteiger partial charge < -0.3 is 10.2 Å². The lowest BCUT2D eigenvalue weighted by Gasteiger charge is -2.01.